The van der Waals surface area contributed by atoms with Gasteiger partial charge >= 0.3 is 6.09 Å². The number of hydrogen-bond acceptors (Lipinski definition) is 4. The van der Waals surface area contributed by atoms with Crippen LogP contribution in [0.2, 0.25) is 0 Å². The molecule has 0 atom stereocenters. The number of carbonyl (C=O) groups excluding carboxylic acids is 1. The molecule has 0 aliphatic rings. The summed E-state index contributed by atoms with van der Waals surface area (Å²) in [6, 6.07) is 0. The van der Waals surface area contributed by atoms with Crippen LogP contribution in [0.5, 0.6) is 0 Å². The van der Waals surface area contributed by atoms with Crippen molar-refractivity contribution >= 4 is 6.09 Å². The molecule has 0 fully saturated rings. The second kappa shape index (κ2) is 9.05. The number of ether oxygens (including phenoxy) is 2. The molecule has 0 aromatic carbocycles. The van der Waals surface area contributed by atoms with Crippen LogP contribution in [0.4, 0.5) is 9.18 Å². The lowest BCUT2D eigenvalue weighted by Crippen LogP contribution is -2.32. The maximum absolute atomic E-state index is 13.4. The van der Waals surface area contributed by atoms with Crippen LogP contribution in [-0.4, -0.2) is 25.9 Å². The normalized spacial score (nSPS) is 13.1. The minimum atomic E-state index is -0.582. The Hall–Kier alpha value is -1.98. The molecule has 0 spiro atoms. The Labute approximate surface area is 125 Å². The molecule has 0 aromatic rings. The van der Waals surface area contributed by atoms with Gasteiger partial charge in [0.25, 0.3) is 0 Å². The van der Waals surface area contributed by atoms with Gasteiger partial charge in [-0.2, -0.15) is 0 Å². The van der Waals surface area contributed by atoms with Crippen molar-refractivity contribution in [2.24, 2.45) is 0 Å². The zero-order valence-corrected chi connectivity index (χ0v) is 13.4. The zero-order chi connectivity index (χ0) is 16.5. The highest BCUT2D eigenvalue weighted by molar-refractivity contribution is 5.69. The SMILES string of the molecule is C=C/C(F)=C(/CC/C(=C\NC)NC(=O)OC(C)(C)C)OC. The first-order chi connectivity index (χ1) is 9.73. The van der Waals surface area contributed by atoms with Crippen molar-refractivity contribution in [1.82, 2.24) is 10.6 Å². The number of halogens is 1. The van der Waals surface area contributed by atoms with Gasteiger partial charge in [-0.15, -0.1) is 0 Å². The average molecular weight is 300 g/mol. The average Bonchev–Trinajstić information content (AvgIpc) is 2.36. The van der Waals surface area contributed by atoms with Crippen LogP contribution in [-0.2, 0) is 9.47 Å². The predicted octanol–water partition coefficient (Wildman–Crippen LogP) is 3.37. The van der Waals surface area contributed by atoms with E-state index in [9.17, 15) is 9.18 Å². The standard InChI is InChI=1S/C15H25FN2O3/c1-7-12(16)13(20-6)9-8-11(10-17-5)18-14(19)21-15(2,3)4/h7,10,17H,1,8-9H2,2-6H3,(H,18,19)/b11-10+,13-12+. The van der Waals surface area contributed by atoms with Crippen molar-refractivity contribution < 1.29 is 18.7 Å². The number of carbonyl (C=O) groups is 1. The van der Waals surface area contributed by atoms with Crippen molar-refractivity contribution in [2.45, 2.75) is 39.2 Å². The molecule has 0 radical (unpaired) electrons. The molecule has 21 heavy (non-hydrogen) atoms. The van der Waals surface area contributed by atoms with E-state index in [1.54, 1.807) is 34.0 Å². The number of nitrogens with one attached hydrogen (secondary N) is 2. The Bertz CT molecular complexity index is 423. The molecule has 2 N–H and O–H groups in total. The summed E-state index contributed by atoms with van der Waals surface area (Å²) in [5, 5.41) is 5.44. The van der Waals surface area contributed by atoms with Crippen molar-refractivity contribution in [1.29, 1.82) is 0 Å². The molecule has 0 aliphatic heterocycles. The van der Waals surface area contributed by atoms with E-state index in [4.69, 9.17) is 9.47 Å². The summed E-state index contributed by atoms with van der Waals surface area (Å²) in [6.45, 7) is 8.68. The van der Waals surface area contributed by atoms with Gasteiger partial charge in [0.1, 0.15) is 11.4 Å². The van der Waals surface area contributed by atoms with E-state index in [2.05, 4.69) is 17.2 Å². The molecule has 0 saturated carbocycles. The predicted molar refractivity (Wildman–Crippen MR) is 81.1 cm³/mol. The highest BCUT2D eigenvalue weighted by atomic mass is 19.1. The van der Waals surface area contributed by atoms with Crippen LogP contribution in [0.15, 0.2) is 36.1 Å². The van der Waals surface area contributed by atoms with Gasteiger partial charge in [-0.3, -0.25) is 5.32 Å². The summed E-state index contributed by atoms with van der Waals surface area (Å²) in [7, 11) is 3.09. The minimum absolute atomic E-state index is 0.179. The van der Waals surface area contributed by atoms with Gasteiger partial charge in [0.05, 0.1) is 7.11 Å². The molecule has 0 unspecified atom stereocenters. The van der Waals surface area contributed by atoms with E-state index >= 15 is 0 Å². The lowest BCUT2D eigenvalue weighted by molar-refractivity contribution is 0.0543. The van der Waals surface area contributed by atoms with E-state index in [0.717, 1.165) is 6.08 Å². The summed E-state index contributed by atoms with van der Waals surface area (Å²) in [6.07, 6.45) is 2.81. The molecule has 0 heterocycles. The second-order valence-corrected chi connectivity index (χ2v) is 5.26. The maximum Gasteiger partial charge on any atom is 0.411 e. The molecule has 120 valence electrons. The quantitative estimate of drug-likeness (QED) is 0.559. The molecule has 0 rings (SSSR count). The Morgan fingerprint density at radius 3 is 2.38 bits per heavy atom. The number of amides is 1. The minimum Gasteiger partial charge on any atom is -0.498 e. The fourth-order valence-corrected chi connectivity index (χ4v) is 1.46. The number of rotatable bonds is 7. The number of allylic oxidation sites excluding steroid dienone is 4. The van der Waals surface area contributed by atoms with Crippen LogP contribution in [0.25, 0.3) is 0 Å². The molecule has 0 saturated heterocycles. The molecule has 0 aliphatic carbocycles. The number of hydrogen-bond donors (Lipinski definition) is 2. The van der Waals surface area contributed by atoms with Crippen LogP contribution in [0, 0.1) is 0 Å². The fraction of sp³-hybridized carbons (Fsp3) is 0.533. The molecule has 5 nitrogen and oxygen atoms in total. The Kier molecular flexibility index (Phi) is 8.19. The fourth-order valence-electron chi connectivity index (χ4n) is 1.46. The number of methoxy groups -OCH3 is 1. The van der Waals surface area contributed by atoms with Crippen molar-refractivity contribution in [2.75, 3.05) is 14.2 Å². The van der Waals surface area contributed by atoms with Gasteiger partial charge in [0.15, 0.2) is 5.83 Å². The van der Waals surface area contributed by atoms with E-state index in [0.29, 0.717) is 12.1 Å². The smallest absolute Gasteiger partial charge is 0.411 e. The first-order valence-corrected chi connectivity index (χ1v) is 6.65. The number of alkyl carbamates (subject to hydrolysis) is 1. The third-order valence-corrected chi connectivity index (χ3v) is 2.29. The van der Waals surface area contributed by atoms with Gasteiger partial charge in [-0.05, 0) is 33.3 Å². The maximum atomic E-state index is 13.4. The van der Waals surface area contributed by atoms with E-state index in [-0.39, 0.29) is 12.2 Å². The van der Waals surface area contributed by atoms with E-state index in [1.807, 2.05) is 0 Å². The summed E-state index contributed by atoms with van der Waals surface area (Å²) < 4.78 is 23.5. The van der Waals surface area contributed by atoms with Gasteiger partial charge < -0.3 is 14.8 Å². The lowest BCUT2D eigenvalue weighted by Gasteiger charge is -2.20. The molecular formula is C15H25FN2O3. The molecule has 0 bridgehead atoms. The van der Waals surface area contributed by atoms with Crippen LogP contribution in [0.1, 0.15) is 33.6 Å². The van der Waals surface area contributed by atoms with Gasteiger partial charge in [0.2, 0.25) is 0 Å². The Balaban J connectivity index is 4.69. The summed E-state index contributed by atoms with van der Waals surface area (Å²) in [5.41, 5.74) is -0.0142. The van der Waals surface area contributed by atoms with Crippen LogP contribution < -0.4 is 10.6 Å². The van der Waals surface area contributed by atoms with Gasteiger partial charge in [0, 0.05) is 25.4 Å². The largest absolute Gasteiger partial charge is 0.498 e. The highest BCUT2D eigenvalue weighted by Crippen LogP contribution is 2.17. The topological polar surface area (TPSA) is 59.6 Å². The molecule has 1 amide bonds. The van der Waals surface area contributed by atoms with E-state index < -0.39 is 17.5 Å². The Morgan fingerprint density at radius 1 is 1.33 bits per heavy atom. The van der Waals surface area contributed by atoms with E-state index in [1.165, 1.54) is 7.11 Å². The summed E-state index contributed by atoms with van der Waals surface area (Å²) in [5.74, 6) is -0.337. The highest BCUT2D eigenvalue weighted by Gasteiger charge is 2.17. The van der Waals surface area contributed by atoms with Crippen molar-refractivity contribution in [3.63, 3.8) is 0 Å². The molecule has 0 aromatic heterocycles. The summed E-state index contributed by atoms with van der Waals surface area (Å²) in [4.78, 5) is 11.7. The van der Waals surface area contributed by atoms with Crippen molar-refractivity contribution in [3.8, 4) is 0 Å². The molecular weight excluding hydrogens is 275 g/mol. The third kappa shape index (κ3) is 8.73. The first kappa shape index (κ1) is 19.0. The summed E-state index contributed by atoms with van der Waals surface area (Å²) >= 11 is 0. The van der Waals surface area contributed by atoms with Crippen LogP contribution >= 0.6 is 0 Å². The monoisotopic (exact) mass is 300 g/mol. The van der Waals surface area contributed by atoms with Gasteiger partial charge in [-0.25, -0.2) is 9.18 Å². The zero-order valence-electron chi connectivity index (χ0n) is 13.4. The Morgan fingerprint density at radius 2 is 1.95 bits per heavy atom. The third-order valence-electron chi connectivity index (χ3n) is 2.29. The van der Waals surface area contributed by atoms with Crippen molar-refractivity contribution in [3.05, 3.63) is 36.1 Å². The lowest BCUT2D eigenvalue weighted by atomic mass is 10.2. The molecule has 6 heteroatoms. The van der Waals surface area contributed by atoms with Crippen LogP contribution in [0.3, 0.4) is 0 Å². The second-order valence-electron chi connectivity index (χ2n) is 5.26. The first-order valence-electron chi connectivity index (χ1n) is 6.65. The van der Waals surface area contributed by atoms with Gasteiger partial charge in [-0.1, -0.05) is 6.58 Å².